The number of hydrogen-bond donors (Lipinski definition) is 0. The molecule has 1 unspecified atom stereocenters. The van der Waals surface area contributed by atoms with Crippen molar-refractivity contribution in [1.82, 2.24) is 4.98 Å². The Balaban J connectivity index is 2.48. The van der Waals surface area contributed by atoms with Gasteiger partial charge in [0.05, 0.1) is 5.92 Å². The molecule has 0 amide bonds. The third-order valence-electron chi connectivity index (χ3n) is 2.47. The van der Waals surface area contributed by atoms with Crippen molar-refractivity contribution < 1.29 is 4.79 Å². The highest BCUT2D eigenvalue weighted by atomic mass is 79.9. The normalized spacial score (nSPS) is 12.1. The summed E-state index contributed by atoms with van der Waals surface area (Å²) < 4.78 is 0.678. The molecule has 1 aromatic carbocycles. The molecular formula is C13H9BrClNO. The van der Waals surface area contributed by atoms with E-state index in [4.69, 9.17) is 11.6 Å². The largest absolute Gasteiger partial charge is 0.302 e. The SMILES string of the molecule is O=CC(c1cccc(Cl)c1)c1cccnc1Br. The topological polar surface area (TPSA) is 30.0 Å². The van der Waals surface area contributed by atoms with Crippen molar-refractivity contribution in [2.45, 2.75) is 5.92 Å². The number of rotatable bonds is 3. The van der Waals surface area contributed by atoms with Crippen LogP contribution in [0.4, 0.5) is 0 Å². The average Bonchev–Trinajstić information content (AvgIpc) is 2.33. The van der Waals surface area contributed by atoms with Gasteiger partial charge in [-0.15, -0.1) is 0 Å². The molecule has 0 aliphatic carbocycles. The van der Waals surface area contributed by atoms with E-state index in [-0.39, 0.29) is 5.92 Å². The van der Waals surface area contributed by atoms with Crippen LogP contribution in [-0.4, -0.2) is 11.3 Å². The molecular weight excluding hydrogens is 302 g/mol. The van der Waals surface area contributed by atoms with Crippen molar-refractivity contribution in [2.24, 2.45) is 0 Å². The molecule has 0 bridgehead atoms. The summed E-state index contributed by atoms with van der Waals surface area (Å²) in [4.78, 5) is 15.4. The molecule has 4 heteroatoms. The lowest BCUT2D eigenvalue weighted by Gasteiger charge is -2.12. The van der Waals surface area contributed by atoms with Crippen LogP contribution in [0.5, 0.6) is 0 Å². The van der Waals surface area contributed by atoms with Crippen molar-refractivity contribution in [3.63, 3.8) is 0 Å². The number of aromatic nitrogens is 1. The van der Waals surface area contributed by atoms with E-state index in [0.29, 0.717) is 9.63 Å². The van der Waals surface area contributed by atoms with Crippen LogP contribution >= 0.6 is 27.5 Å². The zero-order chi connectivity index (χ0) is 12.3. The Kier molecular flexibility index (Phi) is 3.92. The lowest BCUT2D eigenvalue weighted by Crippen LogP contribution is -2.04. The highest BCUT2D eigenvalue weighted by molar-refractivity contribution is 9.10. The number of benzene rings is 1. The summed E-state index contributed by atoms with van der Waals surface area (Å²) in [7, 11) is 0. The number of nitrogens with zero attached hydrogens (tertiary/aromatic N) is 1. The maximum atomic E-state index is 11.3. The molecule has 0 radical (unpaired) electrons. The quantitative estimate of drug-likeness (QED) is 0.637. The second kappa shape index (κ2) is 5.43. The Morgan fingerprint density at radius 3 is 2.76 bits per heavy atom. The van der Waals surface area contributed by atoms with Gasteiger partial charge in [0, 0.05) is 11.2 Å². The van der Waals surface area contributed by atoms with Gasteiger partial charge in [-0.05, 0) is 45.3 Å². The summed E-state index contributed by atoms with van der Waals surface area (Å²) in [5.74, 6) is -0.350. The zero-order valence-electron chi connectivity index (χ0n) is 8.81. The number of pyridine rings is 1. The van der Waals surface area contributed by atoms with E-state index in [0.717, 1.165) is 17.4 Å². The minimum absolute atomic E-state index is 0.350. The van der Waals surface area contributed by atoms with E-state index >= 15 is 0 Å². The van der Waals surface area contributed by atoms with Crippen LogP contribution in [0.3, 0.4) is 0 Å². The summed E-state index contributed by atoms with van der Waals surface area (Å²) >= 11 is 9.28. The number of carbonyl (C=O) groups excluding carboxylic acids is 1. The van der Waals surface area contributed by atoms with E-state index in [1.165, 1.54) is 0 Å². The summed E-state index contributed by atoms with van der Waals surface area (Å²) in [6.45, 7) is 0. The lowest BCUT2D eigenvalue weighted by molar-refractivity contribution is -0.108. The van der Waals surface area contributed by atoms with Crippen LogP contribution in [0.1, 0.15) is 17.0 Å². The zero-order valence-corrected chi connectivity index (χ0v) is 11.1. The minimum atomic E-state index is -0.350. The van der Waals surface area contributed by atoms with Gasteiger partial charge in [-0.25, -0.2) is 4.98 Å². The second-order valence-electron chi connectivity index (χ2n) is 3.55. The van der Waals surface area contributed by atoms with Crippen LogP contribution in [0.25, 0.3) is 0 Å². The first kappa shape index (κ1) is 12.3. The minimum Gasteiger partial charge on any atom is -0.302 e. The van der Waals surface area contributed by atoms with Crippen LogP contribution in [0.2, 0.25) is 5.02 Å². The van der Waals surface area contributed by atoms with Gasteiger partial charge in [-0.3, -0.25) is 0 Å². The number of carbonyl (C=O) groups is 1. The van der Waals surface area contributed by atoms with Gasteiger partial charge in [0.25, 0.3) is 0 Å². The summed E-state index contributed by atoms with van der Waals surface area (Å²) in [6.07, 6.45) is 2.57. The predicted octanol–water partition coefficient (Wildman–Crippen LogP) is 3.83. The third-order valence-corrected chi connectivity index (χ3v) is 3.36. The Bertz CT molecular complexity index is 544. The Morgan fingerprint density at radius 2 is 2.12 bits per heavy atom. The van der Waals surface area contributed by atoms with E-state index in [1.807, 2.05) is 18.2 Å². The molecule has 1 aromatic heterocycles. The maximum absolute atomic E-state index is 11.3. The fraction of sp³-hybridized carbons (Fsp3) is 0.0769. The monoisotopic (exact) mass is 309 g/mol. The Morgan fingerprint density at radius 1 is 1.29 bits per heavy atom. The number of hydrogen-bond acceptors (Lipinski definition) is 2. The highest BCUT2D eigenvalue weighted by Gasteiger charge is 2.16. The molecule has 0 saturated heterocycles. The lowest BCUT2D eigenvalue weighted by atomic mass is 9.94. The first-order valence-electron chi connectivity index (χ1n) is 5.03. The number of aldehydes is 1. The van der Waals surface area contributed by atoms with Gasteiger partial charge in [0.2, 0.25) is 0 Å². The second-order valence-corrected chi connectivity index (χ2v) is 4.74. The van der Waals surface area contributed by atoms with E-state index < -0.39 is 0 Å². The van der Waals surface area contributed by atoms with E-state index in [1.54, 1.807) is 24.4 Å². The summed E-state index contributed by atoms with van der Waals surface area (Å²) in [6, 6.07) is 11.0. The van der Waals surface area contributed by atoms with Crippen molar-refractivity contribution >= 4 is 33.8 Å². The molecule has 2 aromatic rings. The van der Waals surface area contributed by atoms with Crippen LogP contribution in [0.15, 0.2) is 47.2 Å². The Labute approximate surface area is 113 Å². The molecule has 0 aliphatic rings. The predicted molar refractivity (Wildman–Crippen MR) is 71.3 cm³/mol. The molecule has 0 spiro atoms. The molecule has 0 aliphatic heterocycles. The highest BCUT2D eigenvalue weighted by Crippen LogP contribution is 2.28. The fourth-order valence-electron chi connectivity index (χ4n) is 1.66. The molecule has 2 rings (SSSR count). The van der Waals surface area contributed by atoms with Gasteiger partial charge < -0.3 is 4.79 Å². The van der Waals surface area contributed by atoms with Gasteiger partial charge in [-0.2, -0.15) is 0 Å². The van der Waals surface area contributed by atoms with E-state index in [2.05, 4.69) is 20.9 Å². The average molecular weight is 311 g/mol. The molecule has 1 heterocycles. The molecule has 0 saturated carbocycles. The molecule has 0 fully saturated rings. The van der Waals surface area contributed by atoms with Crippen molar-refractivity contribution in [3.8, 4) is 0 Å². The standard InChI is InChI=1S/C13H9BrClNO/c14-13-11(5-2-6-16-13)12(8-17)9-3-1-4-10(15)7-9/h1-8,12H. The molecule has 17 heavy (non-hydrogen) atoms. The smallest absolute Gasteiger partial charge is 0.131 e. The summed E-state index contributed by atoms with van der Waals surface area (Å²) in [5.41, 5.74) is 1.70. The maximum Gasteiger partial charge on any atom is 0.131 e. The molecule has 2 nitrogen and oxygen atoms in total. The van der Waals surface area contributed by atoms with Crippen LogP contribution < -0.4 is 0 Å². The third kappa shape index (κ3) is 2.73. The van der Waals surface area contributed by atoms with Crippen LogP contribution in [-0.2, 0) is 4.79 Å². The van der Waals surface area contributed by atoms with Gasteiger partial charge in [0.1, 0.15) is 10.9 Å². The first-order chi connectivity index (χ1) is 8.22. The summed E-state index contributed by atoms with van der Waals surface area (Å²) in [5, 5.41) is 0.620. The van der Waals surface area contributed by atoms with Crippen LogP contribution in [0, 0.1) is 0 Å². The molecule has 1 atom stereocenters. The molecule has 0 N–H and O–H groups in total. The number of halogens is 2. The van der Waals surface area contributed by atoms with Crippen molar-refractivity contribution in [1.29, 1.82) is 0 Å². The fourth-order valence-corrected chi connectivity index (χ4v) is 2.36. The molecule has 86 valence electrons. The van der Waals surface area contributed by atoms with E-state index in [9.17, 15) is 4.79 Å². The van der Waals surface area contributed by atoms with Gasteiger partial charge in [0.15, 0.2) is 0 Å². The van der Waals surface area contributed by atoms with Gasteiger partial charge >= 0.3 is 0 Å². The van der Waals surface area contributed by atoms with Crippen molar-refractivity contribution in [3.05, 3.63) is 63.3 Å². The first-order valence-corrected chi connectivity index (χ1v) is 6.20. The van der Waals surface area contributed by atoms with Gasteiger partial charge in [-0.1, -0.05) is 29.8 Å². The Hall–Kier alpha value is -1.19. The van der Waals surface area contributed by atoms with Crippen molar-refractivity contribution in [2.75, 3.05) is 0 Å².